The van der Waals surface area contributed by atoms with Crippen molar-refractivity contribution in [2.24, 2.45) is 0 Å². The monoisotopic (exact) mass is 321 g/mol. The summed E-state index contributed by atoms with van der Waals surface area (Å²) >= 11 is 0. The molecule has 0 saturated heterocycles. The average Bonchev–Trinajstić information content (AvgIpc) is 2.82. The van der Waals surface area contributed by atoms with Gasteiger partial charge in [0.15, 0.2) is 11.8 Å². The number of H-pyrrole nitrogens is 1. The van der Waals surface area contributed by atoms with Crippen molar-refractivity contribution in [1.29, 1.82) is 0 Å². The van der Waals surface area contributed by atoms with Crippen molar-refractivity contribution in [2.45, 2.75) is 11.8 Å². The maximum atomic E-state index is 11.2. The summed E-state index contributed by atoms with van der Waals surface area (Å²) in [4.78, 5) is 47.2. The number of nitrogens with one attached hydrogen (secondary N) is 1. The Labute approximate surface area is 127 Å². The van der Waals surface area contributed by atoms with E-state index in [1.54, 1.807) is 0 Å². The van der Waals surface area contributed by atoms with E-state index < -0.39 is 35.7 Å². The van der Waals surface area contributed by atoms with Crippen LogP contribution in [0.1, 0.15) is 23.0 Å². The highest BCUT2D eigenvalue weighted by molar-refractivity contribution is 6.06. The van der Waals surface area contributed by atoms with Gasteiger partial charge in [0.2, 0.25) is 0 Å². The Morgan fingerprint density at radius 2 is 1.26 bits per heavy atom. The number of aromatic amines is 1. The van der Waals surface area contributed by atoms with Crippen molar-refractivity contribution < 1.29 is 39.6 Å². The Hall–Kier alpha value is -3.36. The summed E-state index contributed by atoms with van der Waals surface area (Å²) < 4.78 is 0. The maximum Gasteiger partial charge on any atom is 0.322 e. The van der Waals surface area contributed by atoms with E-state index in [0.29, 0.717) is 0 Å². The maximum absolute atomic E-state index is 11.2. The first-order valence-corrected chi connectivity index (χ1v) is 6.26. The number of rotatable bonds is 6. The molecule has 23 heavy (non-hydrogen) atoms. The molecule has 0 spiro atoms. The lowest BCUT2D eigenvalue weighted by atomic mass is 9.93. The second-order valence-electron chi connectivity index (χ2n) is 4.73. The molecule has 120 valence electrons. The standard InChI is InChI=1S/C14H11NO8/c16-11(17)8(12(18)19)6-3-1-2-5-7(4-15-10(5)6)9(13(20)21)14(22)23/h1-4,8-9,15H,(H,16,17)(H,18,19)(H,20,21)(H,22,23). The molecule has 1 aromatic heterocycles. The zero-order valence-corrected chi connectivity index (χ0v) is 11.4. The molecular weight excluding hydrogens is 310 g/mol. The highest BCUT2D eigenvalue weighted by Crippen LogP contribution is 2.31. The Morgan fingerprint density at radius 3 is 1.74 bits per heavy atom. The van der Waals surface area contributed by atoms with Crippen LogP contribution in [-0.2, 0) is 19.2 Å². The summed E-state index contributed by atoms with van der Waals surface area (Å²) in [5.41, 5.74) is -0.107. The molecule has 0 aliphatic carbocycles. The van der Waals surface area contributed by atoms with E-state index in [-0.39, 0.29) is 22.0 Å². The summed E-state index contributed by atoms with van der Waals surface area (Å²) in [6, 6.07) is 4.00. The van der Waals surface area contributed by atoms with Crippen LogP contribution in [0.5, 0.6) is 0 Å². The summed E-state index contributed by atoms with van der Waals surface area (Å²) in [6.45, 7) is 0. The van der Waals surface area contributed by atoms with E-state index in [2.05, 4.69) is 4.98 Å². The van der Waals surface area contributed by atoms with Crippen molar-refractivity contribution in [3.8, 4) is 0 Å². The SMILES string of the molecule is O=C(O)C(C(=O)O)c1c[nH]c2c(C(C(=O)O)C(=O)O)cccc12. The molecule has 2 rings (SSSR count). The number of benzene rings is 1. The lowest BCUT2D eigenvalue weighted by molar-refractivity contribution is -0.152. The Morgan fingerprint density at radius 1 is 0.783 bits per heavy atom. The normalized spacial score (nSPS) is 11.0. The van der Waals surface area contributed by atoms with Crippen LogP contribution in [0.25, 0.3) is 10.9 Å². The van der Waals surface area contributed by atoms with E-state index in [4.69, 9.17) is 20.4 Å². The van der Waals surface area contributed by atoms with E-state index >= 15 is 0 Å². The van der Waals surface area contributed by atoms with Crippen molar-refractivity contribution in [3.05, 3.63) is 35.5 Å². The minimum atomic E-state index is -1.86. The second-order valence-corrected chi connectivity index (χ2v) is 4.73. The van der Waals surface area contributed by atoms with Gasteiger partial charge in [-0.15, -0.1) is 0 Å². The van der Waals surface area contributed by atoms with Crippen molar-refractivity contribution in [3.63, 3.8) is 0 Å². The van der Waals surface area contributed by atoms with E-state index in [9.17, 15) is 19.2 Å². The summed E-state index contributed by atoms with van der Waals surface area (Å²) in [5, 5.41) is 36.4. The molecule has 9 nitrogen and oxygen atoms in total. The third-order valence-electron chi connectivity index (χ3n) is 3.39. The summed E-state index contributed by atoms with van der Waals surface area (Å²) in [7, 11) is 0. The third-order valence-corrected chi connectivity index (χ3v) is 3.39. The number of aliphatic carboxylic acids is 4. The number of fused-ring (bicyclic) bond motifs is 1. The molecule has 0 saturated carbocycles. The fraction of sp³-hybridized carbons (Fsp3) is 0.143. The fourth-order valence-electron chi connectivity index (χ4n) is 2.42. The van der Waals surface area contributed by atoms with Gasteiger partial charge in [0, 0.05) is 22.7 Å². The molecular formula is C14H11NO8. The van der Waals surface area contributed by atoms with Gasteiger partial charge >= 0.3 is 23.9 Å². The highest BCUT2D eigenvalue weighted by Gasteiger charge is 2.33. The van der Waals surface area contributed by atoms with Gasteiger partial charge in [0.1, 0.15) is 0 Å². The molecule has 0 unspecified atom stereocenters. The zero-order chi connectivity index (χ0) is 17.3. The number of carboxylic acid groups (broad SMARTS) is 4. The number of carbonyl (C=O) groups is 4. The van der Waals surface area contributed by atoms with Crippen LogP contribution in [0, 0.1) is 0 Å². The van der Waals surface area contributed by atoms with E-state index in [1.807, 2.05) is 0 Å². The topological polar surface area (TPSA) is 165 Å². The van der Waals surface area contributed by atoms with Gasteiger partial charge in [0.05, 0.1) is 5.52 Å². The summed E-state index contributed by atoms with van der Waals surface area (Å²) in [6.07, 6.45) is 1.13. The molecule has 5 N–H and O–H groups in total. The van der Waals surface area contributed by atoms with E-state index in [0.717, 1.165) is 6.20 Å². The molecule has 0 aliphatic rings. The van der Waals surface area contributed by atoms with Gasteiger partial charge in [-0.2, -0.15) is 0 Å². The molecule has 2 aromatic rings. The van der Waals surface area contributed by atoms with Gasteiger partial charge < -0.3 is 25.4 Å². The molecule has 9 heteroatoms. The number of hydrogen-bond donors (Lipinski definition) is 5. The van der Waals surface area contributed by atoms with Crippen molar-refractivity contribution in [1.82, 2.24) is 4.98 Å². The zero-order valence-electron chi connectivity index (χ0n) is 11.4. The van der Waals surface area contributed by atoms with Crippen LogP contribution in [0.3, 0.4) is 0 Å². The van der Waals surface area contributed by atoms with Crippen LogP contribution in [0.15, 0.2) is 24.4 Å². The second kappa shape index (κ2) is 5.79. The number of para-hydroxylation sites is 1. The largest absolute Gasteiger partial charge is 0.480 e. The minimum Gasteiger partial charge on any atom is -0.480 e. The van der Waals surface area contributed by atoms with E-state index in [1.165, 1.54) is 18.2 Å². The van der Waals surface area contributed by atoms with Gasteiger partial charge in [0.25, 0.3) is 0 Å². The molecule has 0 bridgehead atoms. The molecule has 1 aromatic carbocycles. The van der Waals surface area contributed by atoms with Gasteiger partial charge in [-0.3, -0.25) is 19.2 Å². The molecule has 0 amide bonds. The Kier molecular flexibility index (Phi) is 4.04. The quantitative estimate of drug-likeness (QED) is 0.484. The van der Waals surface area contributed by atoms with Crippen molar-refractivity contribution >= 4 is 34.8 Å². The van der Waals surface area contributed by atoms with Crippen LogP contribution < -0.4 is 0 Å². The van der Waals surface area contributed by atoms with Crippen LogP contribution in [0.4, 0.5) is 0 Å². The minimum absolute atomic E-state index is 0.0739. The predicted molar refractivity (Wildman–Crippen MR) is 74.3 cm³/mol. The average molecular weight is 321 g/mol. The fourth-order valence-corrected chi connectivity index (χ4v) is 2.42. The first-order chi connectivity index (χ1) is 10.8. The smallest absolute Gasteiger partial charge is 0.322 e. The first kappa shape index (κ1) is 16.0. The molecule has 0 atom stereocenters. The number of aromatic nitrogens is 1. The Bertz CT molecular complexity index is 793. The lowest BCUT2D eigenvalue weighted by Gasteiger charge is -2.10. The van der Waals surface area contributed by atoms with Gasteiger partial charge in [-0.1, -0.05) is 18.2 Å². The third kappa shape index (κ3) is 2.71. The number of carboxylic acids is 4. The predicted octanol–water partition coefficient (Wildman–Crippen LogP) is 0.673. The lowest BCUT2D eigenvalue weighted by Crippen LogP contribution is -2.21. The van der Waals surface area contributed by atoms with Gasteiger partial charge in [-0.25, -0.2) is 0 Å². The number of hydrogen-bond acceptors (Lipinski definition) is 4. The first-order valence-electron chi connectivity index (χ1n) is 6.26. The van der Waals surface area contributed by atoms with Crippen LogP contribution in [0.2, 0.25) is 0 Å². The van der Waals surface area contributed by atoms with Crippen molar-refractivity contribution in [2.75, 3.05) is 0 Å². The summed E-state index contributed by atoms with van der Waals surface area (Å²) in [5.74, 6) is -10.1. The molecule has 0 aliphatic heterocycles. The highest BCUT2D eigenvalue weighted by atomic mass is 16.4. The molecule has 1 heterocycles. The van der Waals surface area contributed by atoms with Crippen LogP contribution in [-0.4, -0.2) is 49.3 Å². The molecule has 0 radical (unpaired) electrons. The van der Waals surface area contributed by atoms with Crippen LogP contribution >= 0.6 is 0 Å². The Balaban J connectivity index is 2.70. The molecule has 0 fully saturated rings. The van der Waals surface area contributed by atoms with Gasteiger partial charge in [-0.05, 0) is 0 Å².